The molecule has 2 aromatic rings. The van der Waals surface area contributed by atoms with Crippen LogP contribution in [0.2, 0.25) is 5.02 Å². The second-order valence-corrected chi connectivity index (χ2v) is 14.7. The third kappa shape index (κ3) is 7.31. The summed E-state index contributed by atoms with van der Waals surface area (Å²) in [6, 6.07) is 14.3. The van der Waals surface area contributed by atoms with Crippen LogP contribution in [0.3, 0.4) is 0 Å². The summed E-state index contributed by atoms with van der Waals surface area (Å²) in [7, 11) is 0. The fourth-order valence-corrected chi connectivity index (χ4v) is 7.84. The molecule has 3 amide bonds. The molecule has 0 aromatic heterocycles. The van der Waals surface area contributed by atoms with E-state index < -0.39 is 23.4 Å². The van der Waals surface area contributed by atoms with Crippen LogP contribution in [-0.2, 0) is 27.2 Å². The first kappa shape index (κ1) is 32.5. The summed E-state index contributed by atoms with van der Waals surface area (Å²) in [5.41, 5.74) is 8.94. The largest absolute Gasteiger partial charge is 0.351 e. The van der Waals surface area contributed by atoms with Gasteiger partial charge in [0.25, 0.3) is 0 Å². The Labute approximate surface area is 267 Å². The van der Waals surface area contributed by atoms with Gasteiger partial charge in [0.1, 0.15) is 6.04 Å². The van der Waals surface area contributed by atoms with Crippen molar-refractivity contribution < 1.29 is 14.4 Å². The summed E-state index contributed by atoms with van der Waals surface area (Å²) in [6.45, 7) is 7.07. The quantitative estimate of drug-likeness (QED) is 0.367. The van der Waals surface area contributed by atoms with Crippen LogP contribution in [0.1, 0.15) is 94.9 Å². The first-order valence-corrected chi connectivity index (χ1v) is 16.8. The minimum atomic E-state index is -0.737. The predicted molar refractivity (Wildman–Crippen MR) is 175 cm³/mol. The highest BCUT2D eigenvalue weighted by Crippen LogP contribution is 2.46. The number of fused-ring (bicyclic) bond motifs is 1. The minimum Gasteiger partial charge on any atom is -0.351 e. The van der Waals surface area contributed by atoms with Crippen molar-refractivity contribution in [2.75, 3.05) is 13.1 Å². The Hall–Kier alpha value is -2.90. The Morgan fingerprint density at radius 2 is 1.64 bits per heavy atom. The number of carbonyl (C=O) groups excluding carboxylic acids is 3. The fourth-order valence-electron chi connectivity index (χ4n) is 7.71. The van der Waals surface area contributed by atoms with Crippen LogP contribution in [0.4, 0.5) is 0 Å². The Bertz CT molecular complexity index is 1320. The van der Waals surface area contributed by atoms with Crippen LogP contribution in [0.25, 0.3) is 0 Å². The zero-order chi connectivity index (χ0) is 31.5. The third-order valence-electron chi connectivity index (χ3n) is 10.2. The van der Waals surface area contributed by atoms with E-state index in [9.17, 15) is 14.4 Å². The van der Waals surface area contributed by atoms with Crippen molar-refractivity contribution >= 4 is 29.3 Å². The highest BCUT2D eigenvalue weighted by molar-refractivity contribution is 6.30. The lowest BCUT2D eigenvalue weighted by Gasteiger charge is -2.48. The smallest absolute Gasteiger partial charge is 0.245 e. The summed E-state index contributed by atoms with van der Waals surface area (Å²) in [5, 5.41) is 7.03. The Morgan fingerprint density at radius 1 is 0.977 bits per heavy atom. The fraction of sp³-hybridized carbons (Fsp3) is 0.583. The zero-order valence-electron chi connectivity index (χ0n) is 26.5. The summed E-state index contributed by atoms with van der Waals surface area (Å²) in [6.07, 6.45) is 8.70. The van der Waals surface area contributed by atoms with E-state index in [0.29, 0.717) is 49.7 Å². The van der Waals surface area contributed by atoms with Crippen LogP contribution in [0.15, 0.2) is 48.5 Å². The number of halogens is 1. The number of hydrogen-bond acceptors (Lipinski definition) is 4. The van der Waals surface area contributed by atoms with Gasteiger partial charge < -0.3 is 21.3 Å². The van der Waals surface area contributed by atoms with Gasteiger partial charge in [0.15, 0.2) is 0 Å². The van der Waals surface area contributed by atoms with Gasteiger partial charge in [0.2, 0.25) is 17.7 Å². The summed E-state index contributed by atoms with van der Waals surface area (Å²) >= 11 is 6.14. The molecule has 4 N–H and O–H groups in total. The monoisotopic (exact) mass is 620 g/mol. The van der Waals surface area contributed by atoms with Crippen molar-refractivity contribution in [2.24, 2.45) is 23.0 Å². The van der Waals surface area contributed by atoms with Gasteiger partial charge in [-0.1, -0.05) is 67.3 Å². The van der Waals surface area contributed by atoms with Crippen molar-refractivity contribution in [1.82, 2.24) is 15.5 Å². The van der Waals surface area contributed by atoms with Gasteiger partial charge in [-0.25, -0.2) is 0 Å². The van der Waals surface area contributed by atoms with Gasteiger partial charge in [-0.05, 0) is 94.0 Å². The van der Waals surface area contributed by atoms with Crippen LogP contribution < -0.4 is 16.4 Å². The average molecular weight is 621 g/mol. The Kier molecular flexibility index (Phi) is 10.1. The third-order valence-corrected chi connectivity index (χ3v) is 10.4. The van der Waals surface area contributed by atoms with E-state index in [0.717, 1.165) is 43.2 Å². The maximum Gasteiger partial charge on any atom is 0.245 e. The summed E-state index contributed by atoms with van der Waals surface area (Å²) in [5.74, 6) is -0.242. The second kappa shape index (κ2) is 13.6. The molecule has 2 aromatic carbocycles. The van der Waals surface area contributed by atoms with Gasteiger partial charge in [-0.15, -0.1) is 0 Å². The van der Waals surface area contributed by atoms with Crippen molar-refractivity contribution in [3.8, 4) is 0 Å². The lowest BCUT2D eigenvalue weighted by Crippen LogP contribution is -2.59. The number of nitrogens with one attached hydrogen (secondary N) is 2. The number of amides is 3. The molecular formula is C36H49ClN4O3. The summed E-state index contributed by atoms with van der Waals surface area (Å²) in [4.78, 5) is 43.7. The minimum absolute atomic E-state index is 0.105. The molecule has 0 radical (unpaired) electrons. The van der Waals surface area contributed by atoms with Crippen molar-refractivity contribution in [1.29, 1.82) is 0 Å². The molecule has 1 heterocycles. The molecule has 7 nitrogen and oxygen atoms in total. The molecule has 238 valence electrons. The number of aryl methyl sites for hydroxylation is 1. The molecule has 0 bridgehead atoms. The van der Waals surface area contributed by atoms with Crippen molar-refractivity contribution in [2.45, 2.75) is 103 Å². The standard InChI is InChI=1S/C36H49ClN4O3/c1-35(2,3)40-34(44)36(26-10-5-4-6-11-26)19-21-41(22-20-36)33(43)30(23-24-13-16-27(37)17-14-24)39-32(42)29-18-15-25-9-7-8-12-28(25)31(29)38/h7-9,12-14,16-17,26,29-31H,4-6,10-11,15,18-23,38H2,1-3H3,(H,39,42)(H,40,44)/t29-,30-,31-/m1/s1. The van der Waals surface area contributed by atoms with E-state index in [1.54, 1.807) is 0 Å². The molecule has 1 saturated heterocycles. The van der Waals surface area contributed by atoms with E-state index in [-0.39, 0.29) is 23.3 Å². The average Bonchev–Trinajstić information content (AvgIpc) is 3.01. The molecule has 2 aliphatic carbocycles. The van der Waals surface area contributed by atoms with Gasteiger partial charge in [-0.2, -0.15) is 0 Å². The maximum atomic E-state index is 14.2. The summed E-state index contributed by atoms with van der Waals surface area (Å²) < 4.78 is 0. The van der Waals surface area contributed by atoms with Crippen LogP contribution in [0.5, 0.6) is 0 Å². The molecule has 3 atom stereocenters. The van der Waals surface area contributed by atoms with E-state index >= 15 is 0 Å². The SMILES string of the molecule is CC(C)(C)NC(=O)C1(C2CCCCC2)CCN(C(=O)[C@@H](Cc2ccc(Cl)cc2)NC(=O)[C@@H]2CCc3ccccc3[C@H]2N)CC1. The zero-order valence-corrected chi connectivity index (χ0v) is 27.3. The van der Waals surface area contributed by atoms with Crippen molar-refractivity contribution in [3.63, 3.8) is 0 Å². The number of rotatable bonds is 7. The number of benzene rings is 2. The molecule has 1 saturated carbocycles. The number of piperidine rings is 1. The number of nitrogens with zero attached hydrogens (tertiary/aromatic N) is 1. The van der Waals surface area contributed by atoms with Gasteiger partial charge in [0.05, 0.1) is 11.3 Å². The number of likely N-dealkylation sites (tertiary alicyclic amines) is 1. The topological polar surface area (TPSA) is 105 Å². The lowest BCUT2D eigenvalue weighted by molar-refractivity contribution is -0.147. The first-order valence-electron chi connectivity index (χ1n) is 16.5. The van der Waals surface area contributed by atoms with Gasteiger partial charge in [0, 0.05) is 36.1 Å². The molecule has 5 rings (SSSR count). The predicted octanol–water partition coefficient (Wildman–Crippen LogP) is 5.73. The molecule has 44 heavy (non-hydrogen) atoms. The molecular weight excluding hydrogens is 572 g/mol. The van der Waals surface area contributed by atoms with Gasteiger partial charge in [-0.3, -0.25) is 14.4 Å². The molecule has 8 heteroatoms. The van der Waals surface area contributed by atoms with Crippen molar-refractivity contribution in [3.05, 3.63) is 70.2 Å². The first-order chi connectivity index (χ1) is 21.0. The number of hydrogen-bond donors (Lipinski definition) is 3. The molecule has 0 spiro atoms. The highest BCUT2D eigenvalue weighted by atomic mass is 35.5. The van der Waals surface area contributed by atoms with Crippen LogP contribution in [0, 0.1) is 17.3 Å². The molecule has 2 fully saturated rings. The maximum absolute atomic E-state index is 14.2. The van der Waals surface area contributed by atoms with E-state index in [1.165, 1.54) is 12.0 Å². The molecule has 0 unspecified atom stereocenters. The number of carbonyl (C=O) groups is 3. The van der Waals surface area contributed by atoms with E-state index in [1.807, 2.05) is 68.1 Å². The molecule has 1 aliphatic heterocycles. The Morgan fingerprint density at radius 3 is 2.30 bits per heavy atom. The van der Waals surface area contributed by atoms with E-state index in [4.69, 9.17) is 17.3 Å². The number of nitrogens with two attached hydrogens (primary N) is 1. The lowest BCUT2D eigenvalue weighted by atomic mass is 9.63. The van der Waals surface area contributed by atoms with Gasteiger partial charge >= 0.3 is 0 Å². The Balaban J connectivity index is 1.33. The van der Waals surface area contributed by atoms with E-state index in [2.05, 4.69) is 16.7 Å². The highest BCUT2D eigenvalue weighted by Gasteiger charge is 2.49. The van der Waals surface area contributed by atoms with Crippen LogP contribution >= 0.6 is 11.6 Å². The molecule has 3 aliphatic rings. The second-order valence-electron chi connectivity index (χ2n) is 14.3. The van der Waals surface area contributed by atoms with Crippen LogP contribution in [-0.4, -0.2) is 47.3 Å². The normalized spacial score (nSPS) is 22.9.